The molecule has 0 aliphatic heterocycles. The van der Waals surface area contributed by atoms with Gasteiger partial charge in [0.25, 0.3) is 0 Å². The van der Waals surface area contributed by atoms with Crippen LogP contribution >= 0.6 is 0 Å². The molecule has 0 aromatic carbocycles. The van der Waals surface area contributed by atoms with Crippen LogP contribution in [-0.4, -0.2) is 21.9 Å². The van der Waals surface area contributed by atoms with Crippen molar-refractivity contribution in [2.45, 2.75) is 83.8 Å². The molecule has 2 N–H and O–H groups in total. The lowest BCUT2D eigenvalue weighted by Gasteiger charge is -2.64. The fourth-order valence-electron chi connectivity index (χ4n) is 7.84. The van der Waals surface area contributed by atoms with Gasteiger partial charge in [0.05, 0.1) is 11.7 Å². The normalized spacial score (nSPS) is 56.4. The summed E-state index contributed by atoms with van der Waals surface area (Å²) in [5, 5.41) is 21.5. The maximum atomic E-state index is 10.9. The average Bonchev–Trinajstić information content (AvgIpc) is 2.52. The molecule has 4 aliphatic carbocycles. The lowest BCUT2D eigenvalue weighted by atomic mass is 9.41. The van der Waals surface area contributed by atoms with Gasteiger partial charge in [-0.1, -0.05) is 27.4 Å². The van der Waals surface area contributed by atoms with E-state index in [-0.39, 0.29) is 22.3 Å². The number of fused-ring (bicyclic) bond motifs is 3. The standard InChI is InChI=1S/C20H32O2/c1-13-9-19-7-5-15-17(2,3)10-14(21)11-18(15,4)16(19)6-8-20(13,22)12-19/h14-16,21-22H,1,5-12H2,2-4H3/t14-,15-,16+,18-,19-,20+/m1/s1. The third kappa shape index (κ3) is 1.74. The molecule has 2 nitrogen and oxygen atoms in total. The zero-order chi connectivity index (χ0) is 16.0. The third-order valence-electron chi connectivity index (χ3n) is 8.36. The maximum absolute atomic E-state index is 10.9. The Balaban J connectivity index is 1.76. The summed E-state index contributed by atoms with van der Waals surface area (Å²) < 4.78 is 0. The molecule has 0 unspecified atom stereocenters. The highest BCUT2D eigenvalue weighted by molar-refractivity contribution is 5.29. The van der Waals surface area contributed by atoms with Crippen molar-refractivity contribution in [2.75, 3.05) is 0 Å². The van der Waals surface area contributed by atoms with Crippen LogP contribution in [0.5, 0.6) is 0 Å². The van der Waals surface area contributed by atoms with Crippen LogP contribution in [0, 0.1) is 28.1 Å². The molecule has 0 saturated heterocycles. The minimum Gasteiger partial charge on any atom is -0.393 e. The van der Waals surface area contributed by atoms with E-state index in [2.05, 4.69) is 27.4 Å². The Morgan fingerprint density at radius 3 is 2.45 bits per heavy atom. The van der Waals surface area contributed by atoms with Crippen molar-refractivity contribution in [2.24, 2.45) is 28.1 Å². The molecular weight excluding hydrogens is 272 g/mol. The molecule has 1 spiro atoms. The Morgan fingerprint density at radius 2 is 1.73 bits per heavy atom. The number of rotatable bonds is 0. The second kappa shape index (κ2) is 4.19. The van der Waals surface area contributed by atoms with Gasteiger partial charge in [0.15, 0.2) is 0 Å². The molecule has 4 rings (SSSR count). The third-order valence-corrected chi connectivity index (χ3v) is 8.36. The van der Waals surface area contributed by atoms with E-state index in [1.165, 1.54) is 12.8 Å². The van der Waals surface area contributed by atoms with Crippen LogP contribution in [0.15, 0.2) is 12.2 Å². The molecule has 0 amide bonds. The van der Waals surface area contributed by atoms with E-state index >= 15 is 0 Å². The molecule has 6 atom stereocenters. The molecule has 4 fully saturated rings. The Bertz CT molecular complexity index is 524. The predicted octanol–water partition coefficient (Wildman–Crippen LogP) is 4.06. The summed E-state index contributed by atoms with van der Waals surface area (Å²) in [6.45, 7) is 11.4. The minimum atomic E-state index is -0.581. The van der Waals surface area contributed by atoms with Crippen molar-refractivity contribution < 1.29 is 10.2 Å². The fourth-order valence-corrected chi connectivity index (χ4v) is 7.84. The maximum Gasteiger partial charge on any atom is 0.0860 e. The highest BCUT2D eigenvalue weighted by Gasteiger charge is 2.66. The first-order valence-corrected chi connectivity index (χ1v) is 9.20. The fraction of sp³-hybridized carbons (Fsp3) is 0.900. The van der Waals surface area contributed by atoms with Crippen LogP contribution < -0.4 is 0 Å². The first kappa shape index (κ1) is 15.2. The van der Waals surface area contributed by atoms with E-state index in [1.807, 2.05) is 0 Å². The number of aliphatic hydroxyl groups excluding tert-OH is 1. The van der Waals surface area contributed by atoms with Crippen LogP contribution in [0.4, 0.5) is 0 Å². The van der Waals surface area contributed by atoms with Gasteiger partial charge in [-0.15, -0.1) is 0 Å². The van der Waals surface area contributed by atoms with Crippen molar-refractivity contribution in [1.82, 2.24) is 0 Å². The Hall–Kier alpha value is -0.340. The van der Waals surface area contributed by atoms with Crippen molar-refractivity contribution >= 4 is 0 Å². The van der Waals surface area contributed by atoms with Crippen LogP contribution in [0.3, 0.4) is 0 Å². The van der Waals surface area contributed by atoms with Gasteiger partial charge in [-0.3, -0.25) is 0 Å². The van der Waals surface area contributed by atoms with Crippen molar-refractivity contribution in [3.05, 3.63) is 12.2 Å². The van der Waals surface area contributed by atoms with Gasteiger partial charge in [0, 0.05) is 0 Å². The van der Waals surface area contributed by atoms with E-state index in [1.54, 1.807) is 0 Å². The van der Waals surface area contributed by atoms with Crippen LogP contribution in [0.2, 0.25) is 0 Å². The Labute approximate surface area is 135 Å². The van der Waals surface area contributed by atoms with Gasteiger partial charge in [-0.05, 0) is 85.0 Å². The summed E-state index contributed by atoms with van der Waals surface area (Å²) in [6.07, 6.45) is 8.21. The smallest absolute Gasteiger partial charge is 0.0860 e. The minimum absolute atomic E-state index is 0.156. The lowest BCUT2D eigenvalue weighted by Crippen LogP contribution is -2.59. The molecular formula is C20H32O2. The molecule has 0 heterocycles. The van der Waals surface area contributed by atoms with E-state index in [0.717, 1.165) is 44.1 Å². The van der Waals surface area contributed by atoms with Gasteiger partial charge in [-0.2, -0.15) is 0 Å². The number of aliphatic hydroxyl groups is 2. The Kier molecular flexibility index (Phi) is 2.89. The van der Waals surface area contributed by atoms with Gasteiger partial charge in [0.1, 0.15) is 0 Å². The van der Waals surface area contributed by atoms with Gasteiger partial charge >= 0.3 is 0 Å². The predicted molar refractivity (Wildman–Crippen MR) is 88.3 cm³/mol. The number of hydrogen-bond donors (Lipinski definition) is 2. The van der Waals surface area contributed by atoms with Gasteiger partial charge in [-0.25, -0.2) is 0 Å². The zero-order valence-corrected chi connectivity index (χ0v) is 14.5. The molecule has 0 radical (unpaired) electrons. The SMILES string of the molecule is C=C1C[C@@]23CC[C@@H]4C(C)(C)C[C@@H](O)C[C@@]4(C)[C@@H]2CC[C@]1(O)C3. The molecule has 2 heteroatoms. The summed E-state index contributed by atoms with van der Waals surface area (Å²) in [5.41, 5.74) is 1.24. The van der Waals surface area contributed by atoms with Gasteiger partial charge in [0.2, 0.25) is 0 Å². The molecule has 0 aromatic heterocycles. The lowest BCUT2D eigenvalue weighted by molar-refractivity contribution is -0.181. The first-order valence-electron chi connectivity index (χ1n) is 9.20. The summed E-state index contributed by atoms with van der Waals surface area (Å²) in [4.78, 5) is 0. The highest BCUT2D eigenvalue weighted by Crippen LogP contribution is 2.72. The quantitative estimate of drug-likeness (QED) is 0.663. The van der Waals surface area contributed by atoms with Crippen molar-refractivity contribution in [3.63, 3.8) is 0 Å². The summed E-state index contributed by atoms with van der Waals surface area (Å²) in [7, 11) is 0. The molecule has 124 valence electrons. The van der Waals surface area contributed by atoms with Crippen molar-refractivity contribution in [1.29, 1.82) is 0 Å². The molecule has 0 aromatic rings. The van der Waals surface area contributed by atoms with E-state index in [9.17, 15) is 10.2 Å². The second-order valence-electron chi connectivity index (χ2n) is 10.1. The zero-order valence-electron chi connectivity index (χ0n) is 14.5. The average molecular weight is 304 g/mol. The largest absolute Gasteiger partial charge is 0.393 e. The monoisotopic (exact) mass is 304 g/mol. The first-order chi connectivity index (χ1) is 10.1. The number of hydrogen-bond acceptors (Lipinski definition) is 2. The molecule has 4 saturated carbocycles. The van der Waals surface area contributed by atoms with Gasteiger partial charge < -0.3 is 10.2 Å². The topological polar surface area (TPSA) is 40.5 Å². The molecule has 22 heavy (non-hydrogen) atoms. The molecule has 4 aliphatic rings. The van der Waals surface area contributed by atoms with Crippen LogP contribution in [-0.2, 0) is 0 Å². The summed E-state index contributed by atoms with van der Waals surface area (Å²) in [6, 6.07) is 0. The highest BCUT2D eigenvalue weighted by atomic mass is 16.3. The van der Waals surface area contributed by atoms with Crippen molar-refractivity contribution in [3.8, 4) is 0 Å². The van der Waals surface area contributed by atoms with E-state index in [4.69, 9.17) is 0 Å². The Morgan fingerprint density at radius 1 is 1.05 bits per heavy atom. The van der Waals surface area contributed by atoms with E-state index < -0.39 is 5.60 Å². The molecule has 2 bridgehead atoms. The summed E-state index contributed by atoms with van der Waals surface area (Å²) >= 11 is 0. The van der Waals surface area contributed by atoms with E-state index in [0.29, 0.717) is 11.8 Å². The summed E-state index contributed by atoms with van der Waals surface area (Å²) in [5.74, 6) is 1.35. The van der Waals surface area contributed by atoms with Crippen LogP contribution in [0.1, 0.15) is 72.1 Å². The van der Waals surface area contributed by atoms with Crippen LogP contribution in [0.25, 0.3) is 0 Å². The second-order valence-corrected chi connectivity index (χ2v) is 10.1.